The maximum absolute atomic E-state index is 4.79. The van der Waals surface area contributed by atoms with Crippen molar-refractivity contribution in [3.8, 4) is 0 Å². The number of halogens is 3. The van der Waals surface area contributed by atoms with Crippen molar-refractivity contribution < 1.29 is 9.68 Å². The summed E-state index contributed by atoms with van der Waals surface area (Å²) in [7, 11) is 6.82. The molecule has 0 heterocycles. The van der Waals surface area contributed by atoms with Gasteiger partial charge in [0.1, 0.15) is 0 Å². The Morgan fingerprint density at radius 2 is 1.77 bits per heavy atom. The van der Waals surface area contributed by atoms with E-state index in [0.717, 1.165) is 11.9 Å². The third-order valence-corrected chi connectivity index (χ3v) is 1.27. The standard InChI is InChI=1S/C4H10BrNO.C2H7NO.BrH.ClH/c1-6(7-2)4-3-5;1-3-4-2;;/h3-4H2,1-2H3;3H,1-2H3;2*1H. The van der Waals surface area contributed by atoms with Crippen LogP contribution in [-0.2, 0) is 9.68 Å². The molecule has 0 spiro atoms. The maximum atomic E-state index is 4.79. The molecular weight excluding hydrogens is 327 g/mol. The third kappa shape index (κ3) is 32.0. The van der Waals surface area contributed by atoms with E-state index in [1.807, 2.05) is 7.05 Å². The van der Waals surface area contributed by atoms with Crippen molar-refractivity contribution in [3.05, 3.63) is 0 Å². The fourth-order valence-corrected chi connectivity index (χ4v) is 0.710. The first-order valence-electron chi connectivity index (χ1n) is 3.23. The predicted octanol–water partition coefficient (Wildman–Crippen LogP) is 1.64. The van der Waals surface area contributed by atoms with Crippen LogP contribution < -0.4 is 5.48 Å². The second kappa shape index (κ2) is 23.2. The highest BCUT2D eigenvalue weighted by Crippen LogP contribution is 1.83. The molecule has 0 amide bonds. The van der Waals surface area contributed by atoms with Gasteiger partial charge in [0.25, 0.3) is 0 Å². The minimum atomic E-state index is 0. The lowest BCUT2D eigenvalue weighted by molar-refractivity contribution is -0.103. The molecule has 0 saturated carbocycles. The van der Waals surface area contributed by atoms with Gasteiger partial charge in [0.05, 0.1) is 14.2 Å². The number of rotatable bonds is 4. The van der Waals surface area contributed by atoms with Crippen LogP contribution >= 0.6 is 45.3 Å². The van der Waals surface area contributed by atoms with Gasteiger partial charge in [-0.2, -0.15) is 5.06 Å². The first-order chi connectivity index (χ1) is 5.22. The Balaban J connectivity index is -0.0000000600. The summed E-state index contributed by atoms with van der Waals surface area (Å²) in [5.41, 5.74) is 2.43. The van der Waals surface area contributed by atoms with Crippen molar-refractivity contribution in [1.82, 2.24) is 10.5 Å². The van der Waals surface area contributed by atoms with Crippen molar-refractivity contribution in [2.45, 2.75) is 0 Å². The lowest BCUT2D eigenvalue weighted by Crippen LogP contribution is -2.18. The van der Waals surface area contributed by atoms with Crippen LogP contribution in [-0.4, -0.2) is 45.3 Å². The number of hydrogen-bond acceptors (Lipinski definition) is 4. The molecule has 0 aromatic rings. The molecule has 0 fully saturated rings. The monoisotopic (exact) mass is 344 g/mol. The van der Waals surface area contributed by atoms with E-state index < -0.39 is 0 Å². The van der Waals surface area contributed by atoms with Crippen LogP contribution in [0.5, 0.6) is 0 Å². The van der Waals surface area contributed by atoms with Gasteiger partial charge in [-0.15, -0.1) is 29.4 Å². The zero-order chi connectivity index (χ0) is 9.11. The lowest BCUT2D eigenvalue weighted by Gasteiger charge is -2.09. The van der Waals surface area contributed by atoms with Crippen LogP contribution in [0.1, 0.15) is 0 Å². The van der Waals surface area contributed by atoms with E-state index in [-0.39, 0.29) is 29.4 Å². The molecule has 0 aromatic carbocycles. The van der Waals surface area contributed by atoms with Crippen LogP contribution in [0.4, 0.5) is 0 Å². The van der Waals surface area contributed by atoms with Gasteiger partial charge >= 0.3 is 0 Å². The summed E-state index contributed by atoms with van der Waals surface area (Å²) in [6.07, 6.45) is 0. The second-order valence-corrected chi connectivity index (χ2v) is 2.42. The Kier molecular flexibility index (Phi) is 42.2. The van der Waals surface area contributed by atoms with E-state index in [1.54, 1.807) is 26.3 Å². The molecule has 0 radical (unpaired) electrons. The van der Waals surface area contributed by atoms with E-state index in [4.69, 9.17) is 4.84 Å². The van der Waals surface area contributed by atoms with Crippen LogP contribution in [0.2, 0.25) is 0 Å². The molecule has 13 heavy (non-hydrogen) atoms. The van der Waals surface area contributed by atoms with Gasteiger partial charge in [-0.05, 0) is 0 Å². The lowest BCUT2D eigenvalue weighted by atomic mass is 10.8. The molecular formula is C6H19Br2ClN2O2. The van der Waals surface area contributed by atoms with Gasteiger partial charge in [0, 0.05) is 26.0 Å². The number of alkyl halides is 1. The molecule has 0 aliphatic carbocycles. The smallest absolute Gasteiger partial charge is 0.0575 e. The second-order valence-electron chi connectivity index (χ2n) is 1.63. The fraction of sp³-hybridized carbons (Fsp3) is 1.00. The Bertz CT molecular complexity index is 72.6. The molecule has 86 valence electrons. The highest BCUT2D eigenvalue weighted by atomic mass is 79.9. The summed E-state index contributed by atoms with van der Waals surface area (Å²) in [4.78, 5) is 9.09. The van der Waals surface area contributed by atoms with Gasteiger partial charge in [-0.25, -0.2) is 5.48 Å². The molecule has 0 aliphatic heterocycles. The molecule has 0 aromatic heterocycles. The van der Waals surface area contributed by atoms with Crippen LogP contribution in [0.15, 0.2) is 0 Å². The molecule has 7 heteroatoms. The minimum Gasteiger partial charge on any atom is -0.305 e. The van der Waals surface area contributed by atoms with Crippen molar-refractivity contribution in [2.75, 3.05) is 40.2 Å². The molecule has 0 aliphatic rings. The topological polar surface area (TPSA) is 33.7 Å². The Morgan fingerprint density at radius 3 is 1.85 bits per heavy atom. The third-order valence-electron chi connectivity index (χ3n) is 0.915. The predicted molar refractivity (Wildman–Crippen MR) is 67.1 cm³/mol. The SMILES string of the molecule is Br.CNOC.CON(C)CCBr.Cl. The highest BCUT2D eigenvalue weighted by molar-refractivity contribution is 9.09. The summed E-state index contributed by atoms with van der Waals surface area (Å²) >= 11 is 3.27. The van der Waals surface area contributed by atoms with E-state index in [0.29, 0.717) is 0 Å². The molecule has 0 unspecified atom stereocenters. The fourth-order valence-electron chi connectivity index (χ4n) is 0.210. The van der Waals surface area contributed by atoms with Gasteiger partial charge < -0.3 is 9.68 Å². The first kappa shape index (κ1) is 23.7. The molecule has 0 atom stereocenters. The average Bonchev–Trinajstić information content (AvgIpc) is 2.05. The largest absolute Gasteiger partial charge is 0.305 e. The maximum Gasteiger partial charge on any atom is 0.0575 e. The Hall–Kier alpha value is 1.09. The normalized spacial score (nSPS) is 7.85. The zero-order valence-electron chi connectivity index (χ0n) is 8.37. The van der Waals surface area contributed by atoms with Gasteiger partial charge in [0.15, 0.2) is 0 Å². The summed E-state index contributed by atoms with van der Waals surface area (Å²) in [5, 5.41) is 2.71. The summed E-state index contributed by atoms with van der Waals surface area (Å²) in [5.74, 6) is 0. The molecule has 0 bridgehead atoms. The van der Waals surface area contributed by atoms with Crippen LogP contribution in [0.3, 0.4) is 0 Å². The summed E-state index contributed by atoms with van der Waals surface area (Å²) in [6.45, 7) is 0.927. The van der Waals surface area contributed by atoms with Crippen LogP contribution in [0.25, 0.3) is 0 Å². The van der Waals surface area contributed by atoms with E-state index in [9.17, 15) is 0 Å². The van der Waals surface area contributed by atoms with Gasteiger partial charge in [0.2, 0.25) is 0 Å². The van der Waals surface area contributed by atoms with Crippen molar-refractivity contribution in [3.63, 3.8) is 0 Å². The van der Waals surface area contributed by atoms with Gasteiger partial charge in [-0.3, -0.25) is 0 Å². The van der Waals surface area contributed by atoms with Crippen molar-refractivity contribution in [1.29, 1.82) is 0 Å². The van der Waals surface area contributed by atoms with E-state index in [1.165, 1.54) is 0 Å². The molecule has 1 N–H and O–H groups in total. The minimum absolute atomic E-state index is 0. The highest BCUT2D eigenvalue weighted by Gasteiger charge is 1.88. The summed E-state index contributed by atoms with van der Waals surface area (Å²) < 4.78 is 0. The molecule has 4 nitrogen and oxygen atoms in total. The summed E-state index contributed by atoms with van der Waals surface area (Å²) in [6, 6.07) is 0. The molecule has 0 rings (SSSR count). The number of nitrogens with one attached hydrogen (secondary N) is 1. The van der Waals surface area contributed by atoms with Crippen molar-refractivity contribution >= 4 is 45.3 Å². The van der Waals surface area contributed by atoms with E-state index >= 15 is 0 Å². The average molecular weight is 346 g/mol. The Morgan fingerprint density at radius 1 is 1.38 bits per heavy atom. The Labute approximate surface area is 106 Å². The molecule has 0 saturated heterocycles. The van der Waals surface area contributed by atoms with Crippen LogP contribution in [0, 0.1) is 0 Å². The first-order valence-corrected chi connectivity index (χ1v) is 4.36. The van der Waals surface area contributed by atoms with Crippen molar-refractivity contribution in [2.24, 2.45) is 0 Å². The van der Waals surface area contributed by atoms with Gasteiger partial charge in [-0.1, -0.05) is 15.9 Å². The number of hydroxylamine groups is 3. The quantitative estimate of drug-likeness (QED) is 0.620. The zero-order valence-corrected chi connectivity index (χ0v) is 12.5. The number of nitrogens with zero attached hydrogens (tertiary/aromatic N) is 1. The van der Waals surface area contributed by atoms with E-state index in [2.05, 4.69) is 26.2 Å². The number of hydrogen-bond donors (Lipinski definition) is 1.